The fourth-order valence-corrected chi connectivity index (χ4v) is 2.45. The normalized spacial score (nSPS) is 10.6. The van der Waals surface area contributed by atoms with Crippen molar-refractivity contribution in [3.8, 4) is 5.69 Å². The Bertz CT molecular complexity index is 828. The van der Waals surface area contributed by atoms with E-state index < -0.39 is 0 Å². The minimum Gasteiger partial charge on any atom is -0.350 e. The molecule has 0 aliphatic rings. The molecule has 24 heavy (non-hydrogen) atoms. The molecule has 1 heterocycles. The number of halogens is 1. The molecule has 0 aliphatic heterocycles. The minimum absolute atomic E-state index is 0.219. The zero-order chi connectivity index (χ0) is 16.9. The summed E-state index contributed by atoms with van der Waals surface area (Å²) in [5.74, 6) is -0.219. The van der Waals surface area contributed by atoms with E-state index in [1.807, 2.05) is 54.6 Å². The van der Waals surface area contributed by atoms with E-state index in [1.54, 1.807) is 6.92 Å². The van der Waals surface area contributed by atoms with Crippen LogP contribution in [-0.4, -0.2) is 27.4 Å². The number of para-hydroxylation sites is 1. The van der Waals surface area contributed by atoms with Gasteiger partial charge in [0.05, 0.1) is 11.4 Å². The molecule has 0 saturated heterocycles. The van der Waals surface area contributed by atoms with Crippen LogP contribution in [0.3, 0.4) is 0 Å². The van der Waals surface area contributed by atoms with E-state index in [1.165, 1.54) is 4.80 Å². The van der Waals surface area contributed by atoms with Gasteiger partial charge < -0.3 is 5.32 Å². The van der Waals surface area contributed by atoms with Crippen LogP contribution >= 0.6 is 11.6 Å². The molecule has 122 valence electrons. The summed E-state index contributed by atoms with van der Waals surface area (Å²) < 4.78 is 0. The van der Waals surface area contributed by atoms with E-state index in [0.29, 0.717) is 23.0 Å². The number of carbonyl (C=O) groups excluding carboxylic acids is 1. The van der Waals surface area contributed by atoms with Crippen molar-refractivity contribution in [3.63, 3.8) is 0 Å². The van der Waals surface area contributed by atoms with Crippen molar-refractivity contribution in [2.75, 3.05) is 6.54 Å². The topological polar surface area (TPSA) is 59.8 Å². The van der Waals surface area contributed by atoms with E-state index in [2.05, 4.69) is 15.5 Å². The first kappa shape index (κ1) is 16.2. The number of aromatic nitrogens is 3. The highest BCUT2D eigenvalue weighted by molar-refractivity contribution is 6.30. The summed E-state index contributed by atoms with van der Waals surface area (Å²) in [6.45, 7) is 2.30. The van der Waals surface area contributed by atoms with Gasteiger partial charge in [0.25, 0.3) is 5.91 Å². The van der Waals surface area contributed by atoms with E-state index in [-0.39, 0.29) is 5.91 Å². The summed E-state index contributed by atoms with van der Waals surface area (Å²) in [5, 5.41) is 12.2. The molecular weight excluding hydrogens is 324 g/mol. The first-order valence-corrected chi connectivity index (χ1v) is 8.03. The Labute approximate surface area is 145 Å². The monoisotopic (exact) mass is 340 g/mol. The Morgan fingerprint density at radius 2 is 1.79 bits per heavy atom. The number of nitrogens with one attached hydrogen (secondary N) is 1. The van der Waals surface area contributed by atoms with Gasteiger partial charge in [-0.05, 0) is 43.2 Å². The molecule has 0 radical (unpaired) electrons. The van der Waals surface area contributed by atoms with E-state index in [0.717, 1.165) is 17.7 Å². The fourth-order valence-electron chi connectivity index (χ4n) is 2.32. The maximum Gasteiger partial charge on any atom is 0.273 e. The molecule has 0 unspecified atom stereocenters. The zero-order valence-electron chi connectivity index (χ0n) is 13.2. The predicted octanol–water partition coefficient (Wildman–Crippen LogP) is 3.20. The molecule has 0 spiro atoms. The summed E-state index contributed by atoms with van der Waals surface area (Å²) in [4.78, 5) is 13.8. The molecule has 1 N–H and O–H groups in total. The lowest BCUT2D eigenvalue weighted by atomic mass is 10.1. The summed E-state index contributed by atoms with van der Waals surface area (Å²) in [7, 11) is 0. The number of carbonyl (C=O) groups is 1. The number of amides is 1. The highest BCUT2D eigenvalue weighted by Gasteiger charge is 2.15. The van der Waals surface area contributed by atoms with Gasteiger partial charge in [0.2, 0.25) is 0 Å². The summed E-state index contributed by atoms with van der Waals surface area (Å²) in [6, 6.07) is 17.1. The van der Waals surface area contributed by atoms with Gasteiger partial charge in [0.1, 0.15) is 0 Å². The number of hydrogen-bond donors (Lipinski definition) is 1. The third-order valence-corrected chi connectivity index (χ3v) is 3.85. The Morgan fingerprint density at radius 1 is 1.08 bits per heavy atom. The lowest BCUT2D eigenvalue weighted by Gasteiger charge is -2.04. The molecule has 6 heteroatoms. The van der Waals surface area contributed by atoms with E-state index in [9.17, 15) is 4.79 Å². The Kier molecular flexibility index (Phi) is 4.91. The molecule has 0 aliphatic carbocycles. The average Bonchev–Trinajstić information content (AvgIpc) is 2.99. The van der Waals surface area contributed by atoms with Gasteiger partial charge >= 0.3 is 0 Å². The zero-order valence-corrected chi connectivity index (χ0v) is 14.0. The summed E-state index contributed by atoms with van der Waals surface area (Å²) in [5.41, 5.74) is 2.88. The van der Waals surface area contributed by atoms with Crippen LogP contribution in [0, 0.1) is 6.92 Å². The van der Waals surface area contributed by atoms with Crippen LogP contribution in [0.25, 0.3) is 5.69 Å². The van der Waals surface area contributed by atoms with Crippen LogP contribution in [0.5, 0.6) is 0 Å². The van der Waals surface area contributed by atoms with Crippen LogP contribution in [0.15, 0.2) is 54.6 Å². The molecule has 2 aromatic carbocycles. The molecule has 0 saturated carbocycles. The first-order valence-electron chi connectivity index (χ1n) is 7.65. The van der Waals surface area contributed by atoms with Crippen LogP contribution in [0.4, 0.5) is 0 Å². The highest BCUT2D eigenvalue weighted by atomic mass is 35.5. The van der Waals surface area contributed by atoms with Gasteiger partial charge in [-0.3, -0.25) is 4.79 Å². The van der Waals surface area contributed by atoms with Gasteiger partial charge in [0.15, 0.2) is 5.69 Å². The quantitative estimate of drug-likeness (QED) is 0.776. The third kappa shape index (κ3) is 3.81. The predicted molar refractivity (Wildman–Crippen MR) is 93.6 cm³/mol. The van der Waals surface area contributed by atoms with Gasteiger partial charge in [-0.1, -0.05) is 41.9 Å². The number of nitrogens with zero attached hydrogens (tertiary/aromatic N) is 3. The Morgan fingerprint density at radius 3 is 2.50 bits per heavy atom. The lowest BCUT2D eigenvalue weighted by Crippen LogP contribution is -2.26. The van der Waals surface area contributed by atoms with Gasteiger partial charge in [0, 0.05) is 11.6 Å². The highest BCUT2D eigenvalue weighted by Crippen LogP contribution is 2.10. The van der Waals surface area contributed by atoms with E-state index in [4.69, 9.17) is 11.6 Å². The molecule has 1 aromatic heterocycles. The second-order valence-electron chi connectivity index (χ2n) is 5.39. The van der Waals surface area contributed by atoms with Gasteiger partial charge in [-0.15, -0.1) is 5.10 Å². The standard InChI is InChI=1S/C18H17ClN4O/c1-13-17(22-23(21-13)16-5-3-2-4-6-16)18(24)20-12-11-14-7-9-15(19)10-8-14/h2-10H,11-12H2,1H3,(H,20,24). The first-order chi connectivity index (χ1) is 11.6. The SMILES string of the molecule is Cc1nn(-c2ccccc2)nc1C(=O)NCCc1ccc(Cl)cc1. The van der Waals surface area contributed by atoms with E-state index >= 15 is 0 Å². The molecule has 5 nitrogen and oxygen atoms in total. The third-order valence-electron chi connectivity index (χ3n) is 3.60. The smallest absolute Gasteiger partial charge is 0.273 e. The van der Waals surface area contributed by atoms with Crippen molar-refractivity contribution in [1.29, 1.82) is 0 Å². The van der Waals surface area contributed by atoms with Crippen molar-refractivity contribution in [2.24, 2.45) is 0 Å². The van der Waals surface area contributed by atoms with Gasteiger partial charge in [-0.2, -0.15) is 9.90 Å². The second-order valence-corrected chi connectivity index (χ2v) is 5.83. The van der Waals surface area contributed by atoms with Gasteiger partial charge in [-0.25, -0.2) is 0 Å². The molecule has 1 amide bonds. The molecule has 3 aromatic rings. The second kappa shape index (κ2) is 7.27. The molecule has 0 bridgehead atoms. The molecular formula is C18H17ClN4O. The molecule has 0 atom stereocenters. The number of aryl methyl sites for hydroxylation is 1. The fraction of sp³-hybridized carbons (Fsp3) is 0.167. The Balaban J connectivity index is 1.63. The van der Waals surface area contributed by atoms with Crippen molar-refractivity contribution >= 4 is 17.5 Å². The maximum atomic E-state index is 12.3. The van der Waals surface area contributed by atoms with Crippen molar-refractivity contribution in [2.45, 2.75) is 13.3 Å². The van der Waals surface area contributed by atoms with Crippen LogP contribution in [0.2, 0.25) is 5.02 Å². The minimum atomic E-state index is -0.219. The molecule has 0 fully saturated rings. The van der Waals surface area contributed by atoms with Crippen LogP contribution < -0.4 is 5.32 Å². The number of rotatable bonds is 5. The van der Waals surface area contributed by atoms with Crippen molar-refractivity contribution in [3.05, 3.63) is 76.6 Å². The van der Waals surface area contributed by atoms with Crippen LogP contribution in [-0.2, 0) is 6.42 Å². The Hall–Kier alpha value is -2.66. The van der Waals surface area contributed by atoms with Crippen molar-refractivity contribution in [1.82, 2.24) is 20.3 Å². The maximum absolute atomic E-state index is 12.3. The summed E-state index contributed by atoms with van der Waals surface area (Å²) in [6.07, 6.45) is 0.731. The average molecular weight is 341 g/mol. The van der Waals surface area contributed by atoms with Crippen molar-refractivity contribution < 1.29 is 4.79 Å². The van der Waals surface area contributed by atoms with Crippen LogP contribution in [0.1, 0.15) is 21.7 Å². The summed E-state index contributed by atoms with van der Waals surface area (Å²) >= 11 is 5.86. The largest absolute Gasteiger partial charge is 0.350 e. The lowest BCUT2D eigenvalue weighted by molar-refractivity contribution is 0.0948. The number of benzene rings is 2. The molecule has 3 rings (SSSR count). The number of hydrogen-bond acceptors (Lipinski definition) is 3.